The molecule has 21 heavy (non-hydrogen) atoms. The zero-order chi connectivity index (χ0) is 14.1. The van der Waals surface area contributed by atoms with Gasteiger partial charge in [-0.2, -0.15) is 0 Å². The van der Waals surface area contributed by atoms with E-state index >= 15 is 0 Å². The van der Waals surface area contributed by atoms with Crippen LogP contribution in [0.2, 0.25) is 0 Å². The Balaban J connectivity index is 1.85. The second-order valence-corrected chi connectivity index (χ2v) is 7.45. The second-order valence-electron chi connectivity index (χ2n) is 7.45. The quantitative estimate of drug-likeness (QED) is 0.741. The van der Waals surface area contributed by atoms with Crippen LogP contribution in [0, 0.1) is 18.8 Å². The number of fused-ring (bicyclic) bond motifs is 1. The third-order valence-corrected chi connectivity index (χ3v) is 5.97. The van der Waals surface area contributed by atoms with E-state index in [0.29, 0.717) is 11.8 Å². The molecule has 2 saturated carbocycles. The summed E-state index contributed by atoms with van der Waals surface area (Å²) in [6.07, 6.45) is 8.29. The van der Waals surface area contributed by atoms with E-state index in [4.69, 9.17) is 4.98 Å². The highest BCUT2D eigenvalue weighted by Gasteiger charge is 2.44. The first-order chi connectivity index (χ1) is 10.2. The van der Waals surface area contributed by atoms with E-state index in [1.807, 2.05) is 19.2 Å². The van der Waals surface area contributed by atoms with Crippen LogP contribution < -0.4 is 5.56 Å². The molecule has 0 aliphatic heterocycles. The number of pyridine rings is 1. The molecule has 2 heterocycles. The number of hydrogen-bond donors (Lipinski definition) is 0. The van der Waals surface area contributed by atoms with Crippen molar-refractivity contribution < 1.29 is 0 Å². The van der Waals surface area contributed by atoms with Crippen molar-refractivity contribution in [2.75, 3.05) is 0 Å². The number of aryl methyl sites for hydroxylation is 1. The van der Waals surface area contributed by atoms with E-state index in [1.165, 1.54) is 32.1 Å². The number of rotatable bonds is 0. The van der Waals surface area contributed by atoms with Gasteiger partial charge in [-0.3, -0.25) is 9.20 Å². The third kappa shape index (κ3) is 1.60. The van der Waals surface area contributed by atoms with E-state index in [2.05, 4.69) is 6.07 Å². The Bertz CT molecular complexity index is 793. The SMILES string of the molecule is Cc1ccc2nc3c(c(=O)n2c1)C1CC2CC(CC3C2)C1. The maximum atomic E-state index is 13.1. The van der Waals surface area contributed by atoms with Gasteiger partial charge in [0, 0.05) is 17.7 Å². The van der Waals surface area contributed by atoms with Crippen LogP contribution in [0.5, 0.6) is 0 Å². The van der Waals surface area contributed by atoms with E-state index in [0.717, 1.165) is 34.3 Å². The highest BCUT2D eigenvalue weighted by atomic mass is 16.1. The summed E-state index contributed by atoms with van der Waals surface area (Å²) in [4.78, 5) is 18.0. The molecule has 0 N–H and O–H groups in total. The van der Waals surface area contributed by atoms with Gasteiger partial charge in [-0.25, -0.2) is 4.98 Å². The van der Waals surface area contributed by atoms with Crippen LogP contribution in [-0.2, 0) is 0 Å². The smallest absolute Gasteiger partial charge is 0.261 e. The molecule has 4 aliphatic rings. The molecule has 0 aromatic carbocycles. The predicted octanol–water partition coefficient (Wildman–Crippen LogP) is 3.39. The molecule has 4 aliphatic carbocycles. The van der Waals surface area contributed by atoms with Crippen molar-refractivity contribution in [2.45, 2.75) is 50.9 Å². The Morgan fingerprint density at radius 2 is 1.76 bits per heavy atom. The molecule has 0 spiro atoms. The van der Waals surface area contributed by atoms with Crippen LogP contribution in [0.25, 0.3) is 5.65 Å². The molecule has 2 atom stereocenters. The van der Waals surface area contributed by atoms with Crippen molar-refractivity contribution in [2.24, 2.45) is 11.8 Å². The summed E-state index contributed by atoms with van der Waals surface area (Å²) in [5.74, 6) is 2.66. The minimum atomic E-state index is 0.205. The molecule has 0 saturated heterocycles. The zero-order valence-corrected chi connectivity index (χ0v) is 12.4. The predicted molar refractivity (Wildman–Crippen MR) is 81.7 cm³/mol. The van der Waals surface area contributed by atoms with Gasteiger partial charge in [0.05, 0.1) is 5.69 Å². The van der Waals surface area contributed by atoms with Crippen LogP contribution in [0.15, 0.2) is 23.1 Å². The summed E-state index contributed by atoms with van der Waals surface area (Å²) in [6, 6.07) is 4.04. The van der Waals surface area contributed by atoms with Gasteiger partial charge in [0.2, 0.25) is 0 Å². The maximum absolute atomic E-state index is 13.1. The second kappa shape index (κ2) is 3.96. The average Bonchev–Trinajstić information content (AvgIpc) is 2.62. The van der Waals surface area contributed by atoms with Crippen LogP contribution >= 0.6 is 0 Å². The van der Waals surface area contributed by atoms with Crippen molar-refractivity contribution in [1.82, 2.24) is 9.38 Å². The van der Waals surface area contributed by atoms with E-state index in [-0.39, 0.29) is 5.56 Å². The summed E-state index contributed by atoms with van der Waals surface area (Å²) < 4.78 is 1.78. The summed E-state index contributed by atoms with van der Waals surface area (Å²) in [7, 11) is 0. The van der Waals surface area contributed by atoms with Gasteiger partial charge < -0.3 is 0 Å². The molecular formula is C18H20N2O. The molecule has 0 radical (unpaired) electrons. The summed E-state index contributed by atoms with van der Waals surface area (Å²) >= 11 is 0. The standard InChI is InChI=1S/C18H20N2O/c1-10-2-3-15-19-17-14-7-11-4-12(8-14)6-13(5-11)16(17)18(21)20(15)9-10/h2-3,9,11-14H,4-8H2,1H3. The Kier molecular flexibility index (Phi) is 2.26. The highest BCUT2D eigenvalue weighted by Crippen LogP contribution is 2.54. The molecule has 2 aromatic rings. The fourth-order valence-electron chi connectivity index (χ4n) is 5.28. The van der Waals surface area contributed by atoms with Gasteiger partial charge in [0.15, 0.2) is 0 Å². The fourth-order valence-corrected chi connectivity index (χ4v) is 5.28. The Labute approximate surface area is 124 Å². The van der Waals surface area contributed by atoms with Crippen LogP contribution in [0.3, 0.4) is 0 Å². The van der Waals surface area contributed by atoms with E-state index < -0.39 is 0 Å². The third-order valence-electron chi connectivity index (χ3n) is 5.97. The first kappa shape index (κ1) is 12.0. The van der Waals surface area contributed by atoms with Crippen LogP contribution in [-0.4, -0.2) is 9.38 Å². The molecule has 6 rings (SSSR count). The van der Waals surface area contributed by atoms with Gasteiger partial charge in [-0.1, -0.05) is 6.07 Å². The van der Waals surface area contributed by atoms with Gasteiger partial charge >= 0.3 is 0 Å². The lowest BCUT2D eigenvalue weighted by Gasteiger charge is -2.38. The lowest BCUT2D eigenvalue weighted by Crippen LogP contribution is -2.27. The van der Waals surface area contributed by atoms with Crippen molar-refractivity contribution in [3.63, 3.8) is 0 Å². The first-order valence-corrected chi connectivity index (χ1v) is 8.22. The Hall–Kier alpha value is -1.64. The van der Waals surface area contributed by atoms with Gasteiger partial charge in [-0.05, 0) is 68.4 Å². The number of aromatic nitrogens is 2. The lowest BCUT2D eigenvalue weighted by atomic mass is 9.67. The number of nitrogens with zero attached hydrogens (tertiary/aromatic N) is 2. The maximum Gasteiger partial charge on any atom is 0.261 e. The van der Waals surface area contributed by atoms with Crippen LogP contribution in [0.1, 0.15) is 60.8 Å². The minimum absolute atomic E-state index is 0.205. The van der Waals surface area contributed by atoms with Gasteiger partial charge in [-0.15, -0.1) is 0 Å². The summed E-state index contributed by atoms with van der Waals surface area (Å²) in [5.41, 5.74) is 4.36. The number of hydrogen-bond acceptors (Lipinski definition) is 2. The van der Waals surface area contributed by atoms with Crippen molar-refractivity contribution in [3.8, 4) is 0 Å². The molecule has 0 amide bonds. The highest BCUT2D eigenvalue weighted by molar-refractivity contribution is 5.44. The molecule has 2 unspecified atom stereocenters. The normalized spacial score (nSPS) is 33.2. The molecule has 2 fully saturated rings. The van der Waals surface area contributed by atoms with E-state index in [9.17, 15) is 4.79 Å². The largest absolute Gasteiger partial charge is 0.269 e. The Morgan fingerprint density at radius 3 is 2.52 bits per heavy atom. The van der Waals surface area contributed by atoms with Gasteiger partial charge in [0.25, 0.3) is 5.56 Å². The first-order valence-electron chi connectivity index (χ1n) is 8.22. The molecule has 3 nitrogen and oxygen atoms in total. The van der Waals surface area contributed by atoms with Crippen LogP contribution in [0.4, 0.5) is 0 Å². The topological polar surface area (TPSA) is 34.4 Å². The zero-order valence-electron chi connectivity index (χ0n) is 12.4. The fraction of sp³-hybridized carbons (Fsp3) is 0.556. The van der Waals surface area contributed by atoms with Crippen molar-refractivity contribution in [1.29, 1.82) is 0 Å². The molecule has 3 heteroatoms. The summed E-state index contributed by atoms with van der Waals surface area (Å²) in [5, 5.41) is 0. The molecule has 2 aromatic heterocycles. The average molecular weight is 280 g/mol. The molecule has 4 bridgehead atoms. The Morgan fingerprint density at radius 1 is 1.05 bits per heavy atom. The molecular weight excluding hydrogens is 260 g/mol. The minimum Gasteiger partial charge on any atom is -0.269 e. The summed E-state index contributed by atoms with van der Waals surface area (Å²) in [6.45, 7) is 2.03. The van der Waals surface area contributed by atoms with Gasteiger partial charge in [0.1, 0.15) is 5.65 Å². The monoisotopic (exact) mass is 280 g/mol. The van der Waals surface area contributed by atoms with Crippen molar-refractivity contribution in [3.05, 3.63) is 45.5 Å². The van der Waals surface area contributed by atoms with E-state index in [1.54, 1.807) is 4.40 Å². The lowest BCUT2D eigenvalue weighted by molar-refractivity contribution is 0.165. The molecule has 108 valence electrons. The van der Waals surface area contributed by atoms with Crippen molar-refractivity contribution >= 4 is 5.65 Å².